The lowest BCUT2D eigenvalue weighted by molar-refractivity contribution is -0.163. The molecule has 4 aliphatic carbocycles. The van der Waals surface area contributed by atoms with Crippen LogP contribution in [0.15, 0.2) is 11.6 Å². The number of fused-ring (bicyclic) bond motifs is 5. The molecule has 0 aromatic heterocycles. The second kappa shape index (κ2) is 6.31. The van der Waals surface area contributed by atoms with Gasteiger partial charge in [0.05, 0.1) is 6.10 Å². The van der Waals surface area contributed by atoms with Gasteiger partial charge in [0.25, 0.3) is 0 Å². The molecule has 9 atom stereocenters. The first-order chi connectivity index (χ1) is 13.1. The molecule has 5 heteroatoms. The van der Waals surface area contributed by atoms with E-state index >= 15 is 0 Å². The van der Waals surface area contributed by atoms with E-state index in [1.807, 2.05) is 13.0 Å². The van der Waals surface area contributed by atoms with Crippen LogP contribution in [-0.2, 0) is 9.53 Å². The van der Waals surface area contributed by atoms with Crippen molar-refractivity contribution >= 4 is 5.97 Å². The fourth-order valence-electron chi connectivity index (χ4n) is 7.26. The Bertz CT molecular complexity index is 756. The summed E-state index contributed by atoms with van der Waals surface area (Å²) >= 11 is 0. The third kappa shape index (κ3) is 2.40. The monoisotopic (exact) mass is 390 g/mol. The molecule has 0 radical (unpaired) electrons. The summed E-state index contributed by atoms with van der Waals surface area (Å²) < 4.78 is 20.3. The molecule has 0 aliphatic heterocycles. The van der Waals surface area contributed by atoms with Crippen LogP contribution >= 0.6 is 0 Å². The van der Waals surface area contributed by atoms with Crippen molar-refractivity contribution in [3.63, 3.8) is 0 Å². The van der Waals surface area contributed by atoms with Crippen LogP contribution in [0.25, 0.3) is 0 Å². The lowest BCUT2D eigenvalue weighted by Gasteiger charge is -2.58. The van der Waals surface area contributed by atoms with Gasteiger partial charge in [0.1, 0.15) is 12.3 Å². The van der Waals surface area contributed by atoms with Crippen LogP contribution in [-0.4, -0.2) is 40.2 Å². The minimum Gasteiger partial charge on any atom is -0.458 e. The van der Waals surface area contributed by atoms with Crippen molar-refractivity contribution in [1.29, 1.82) is 0 Å². The summed E-state index contributed by atoms with van der Waals surface area (Å²) in [6, 6.07) is 0. The highest BCUT2D eigenvalue weighted by Crippen LogP contribution is 2.67. The van der Waals surface area contributed by atoms with E-state index in [0.717, 1.165) is 31.3 Å². The van der Waals surface area contributed by atoms with Gasteiger partial charge in [0.15, 0.2) is 5.60 Å². The van der Waals surface area contributed by atoms with Crippen LogP contribution in [0, 0.1) is 40.9 Å². The van der Waals surface area contributed by atoms with E-state index in [0.29, 0.717) is 12.8 Å². The van der Waals surface area contributed by atoms with Crippen LogP contribution < -0.4 is 0 Å². The van der Waals surface area contributed by atoms with E-state index in [1.165, 1.54) is 6.92 Å². The molecule has 0 bridgehead atoms. The number of ether oxygens (including phenoxy) is 1. The zero-order valence-electron chi connectivity index (χ0n) is 17.0. The second-order valence-corrected chi connectivity index (χ2v) is 9.90. The Balaban J connectivity index is 1.72. The van der Waals surface area contributed by atoms with Gasteiger partial charge in [-0.25, -0.2) is 4.39 Å². The van der Waals surface area contributed by atoms with Crippen LogP contribution in [0.5, 0.6) is 0 Å². The second-order valence-electron chi connectivity index (χ2n) is 9.90. The number of terminal acetylenes is 1. The topological polar surface area (TPSA) is 66.8 Å². The molecule has 28 heavy (non-hydrogen) atoms. The number of halogens is 1. The SMILES string of the molecule is C#C[C@]1(O)[C@@H](OC(C)=O)C[C@H]2[C@@H]3CC=C4[C@@H](F)[C@H](O)CC[C@]4(C)[C@H]3CC[C@@]21C. The molecule has 3 fully saturated rings. The zero-order chi connectivity index (χ0) is 20.5. The van der Waals surface area contributed by atoms with E-state index in [9.17, 15) is 19.4 Å². The number of hydrogen-bond acceptors (Lipinski definition) is 4. The molecule has 154 valence electrons. The average Bonchev–Trinajstić information content (AvgIpc) is 2.86. The molecule has 0 unspecified atom stereocenters. The molecule has 0 aromatic carbocycles. The van der Waals surface area contributed by atoms with Gasteiger partial charge in [0, 0.05) is 12.3 Å². The summed E-state index contributed by atoms with van der Waals surface area (Å²) in [4.78, 5) is 11.6. The predicted octanol–water partition coefficient (Wildman–Crippen LogP) is 3.16. The van der Waals surface area contributed by atoms with Crippen LogP contribution in [0.4, 0.5) is 4.39 Å². The van der Waals surface area contributed by atoms with E-state index < -0.39 is 35.4 Å². The Morgan fingerprint density at radius 3 is 2.68 bits per heavy atom. The first-order valence-electron chi connectivity index (χ1n) is 10.5. The Morgan fingerprint density at radius 2 is 2.04 bits per heavy atom. The molecule has 4 aliphatic rings. The normalized spacial score (nSPS) is 52.5. The highest BCUT2D eigenvalue weighted by molar-refractivity contribution is 5.66. The lowest BCUT2D eigenvalue weighted by atomic mass is 9.47. The molecule has 2 N–H and O–H groups in total. The Kier molecular flexibility index (Phi) is 4.49. The molecule has 0 aromatic rings. The smallest absolute Gasteiger partial charge is 0.303 e. The fraction of sp³-hybridized carbons (Fsp3) is 0.783. The maximum Gasteiger partial charge on any atom is 0.303 e. The third-order valence-electron chi connectivity index (χ3n) is 8.84. The van der Waals surface area contributed by atoms with Gasteiger partial charge in [-0.1, -0.05) is 25.8 Å². The van der Waals surface area contributed by atoms with Gasteiger partial charge in [-0.2, -0.15) is 0 Å². The molecule has 0 heterocycles. The molecule has 4 nitrogen and oxygen atoms in total. The highest BCUT2D eigenvalue weighted by atomic mass is 19.1. The Labute approximate surface area is 166 Å². The van der Waals surface area contributed by atoms with Crippen molar-refractivity contribution in [2.24, 2.45) is 28.6 Å². The first kappa shape index (κ1) is 19.9. The Hall–Kier alpha value is -1.38. The van der Waals surface area contributed by atoms with Gasteiger partial charge in [0.2, 0.25) is 0 Å². The zero-order valence-corrected chi connectivity index (χ0v) is 17.0. The fourth-order valence-corrected chi connectivity index (χ4v) is 7.26. The van der Waals surface area contributed by atoms with Gasteiger partial charge in [-0.05, 0) is 67.3 Å². The van der Waals surface area contributed by atoms with Crippen LogP contribution in [0.1, 0.15) is 59.3 Å². The van der Waals surface area contributed by atoms with Gasteiger partial charge < -0.3 is 14.9 Å². The van der Waals surface area contributed by atoms with E-state index in [2.05, 4.69) is 12.8 Å². The number of hydrogen-bond donors (Lipinski definition) is 2. The summed E-state index contributed by atoms with van der Waals surface area (Å²) in [6.07, 6.45) is 8.96. The van der Waals surface area contributed by atoms with Crippen molar-refractivity contribution in [3.05, 3.63) is 11.6 Å². The number of rotatable bonds is 1. The number of aliphatic hydroxyl groups is 2. The summed E-state index contributed by atoms with van der Waals surface area (Å²) in [5.41, 5.74) is -1.52. The molecule has 4 rings (SSSR count). The molecular formula is C23H31FO4. The van der Waals surface area contributed by atoms with Crippen molar-refractivity contribution in [1.82, 2.24) is 0 Å². The van der Waals surface area contributed by atoms with E-state index in [1.54, 1.807) is 0 Å². The molecular weight excluding hydrogens is 359 g/mol. The minimum atomic E-state index is -1.48. The van der Waals surface area contributed by atoms with Crippen LogP contribution in [0.3, 0.4) is 0 Å². The number of alkyl halides is 1. The van der Waals surface area contributed by atoms with Gasteiger partial charge in [-0.3, -0.25) is 4.79 Å². The third-order valence-corrected chi connectivity index (χ3v) is 8.84. The molecule has 0 amide bonds. The van der Waals surface area contributed by atoms with Gasteiger partial charge >= 0.3 is 5.97 Å². The van der Waals surface area contributed by atoms with E-state index in [4.69, 9.17) is 11.2 Å². The number of esters is 1. The number of aliphatic hydroxyl groups excluding tert-OH is 1. The summed E-state index contributed by atoms with van der Waals surface area (Å²) in [5.74, 6) is 2.80. The van der Waals surface area contributed by atoms with Crippen molar-refractivity contribution in [2.75, 3.05) is 0 Å². The van der Waals surface area contributed by atoms with Crippen molar-refractivity contribution < 1.29 is 24.1 Å². The number of carbonyl (C=O) groups excluding carboxylic acids is 1. The van der Waals surface area contributed by atoms with Crippen LogP contribution in [0.2, 0.25) is 0 Å². The summed E-state index contributed by atoms with van der Waals surface area (Å²) in [6.45, 7) is 5.51. The minimum absolute atomic E-state index is 0.108. The quantitative estimate of drug-likeness (QED) is 0.410. The largest absolute Gasteiger partial charge is 0.458 e. The maximum atomic E-state index is 14.8. The molecule has 3 saturated carbocycles. The first-order valence-corrected chi connectivity index (χ1v) is 10.5. The lowest BCUT2D eigenvalue weighted by Crippen LogP contribution is -2.57. The Morgan fingerprint density at radius 1 is 1.32 bits per heavy atom. The van der Waals surface area contributed by atoms with Crippen molar-refractivity contribution in [2.45, 2.75) is 83.3 Å². The number of allylic oxidation sites excluding steroid dienone is 1. The van der Waals surface area contributed by atoms with E-state index in [-0.39, 0.29) is 23.2 Å². The summed E-state index contributed by atoms with van der Waals surface area (Å²) in [7, 11) is 0. The highest BCUT2D eigenvalue weighted by Gasteiger charge is 2.68. The standard InChI is InChI=1S/C23H31FO4/c1-5-23(27)19(28-13(2)25)12-17-14-6-7-16-20(24)18(26)9-10-21(16,3)15(14)8-11-22(17,23)4/h1,7,14-15,17-20,26-27H,6,8-12H2,2-4H3/t14-,15+,17+,18-,19+,20-,21-,22+,23+/m1/s1. The van der Waals surface area contributed by atoms with Crippen molar-refractivity contribution in [3.8, 4) is 12.3 Å². The molecule has 0 spiro atoms. The summed E-state index contributed by atoms with van der Waals surface area (Å²) in [5, 5.41) is 21.4. The predicted molar refractivity (Wildman–Crippen MR) is 103 cm³/mol. The maximum absolute atomic E-state index is 14.8. The molecule has 0 saturated heterocycles. The number of carbonyl (C=O) groups is 1. The van der Waals surface area contributed by atoms with Gasteiger partial charge in [-0.15, -0.1) is 6.42 Å². The average molecular weight is 390 g/mol.